The third-order valence-corrected chi connectivity index (χ3v) is 6.25. The van der Waals surface area contributed by atoms with Crippen molar-refractivity contribution in [2.75, 3.05) is 37.9 Å². The molecule has 1 aliphatic heterocycles. The lowest BCUT2D eigenvalue weighted by Gasteiger charge is -2.40. The van der Waals surface area contributed by atoms with Crippen LogP contribution in [-0.2, 0) is 16.1 Å². The molecule has 4 rings (SSSR count). The molecule has 172 valence electrons. The van der Waals surface area contributed by atoms with Gasteiger partial charge in [-0.25, -0.2) is 14.8 Å². The highest BCUT2D eigenvalue weighted by Crippen LogP contribution is 2.27. The zero-order valence-electron chi connectivity index (χ0n) is 17.8. The topological polar surface area (TPSA) is 114 Å². The molecule has 2 aromatic carbocycles. The molecule has 1 atom stereocenters. The third-order valence-electron chi connectivity index (χ3n) is 5.45. The number of benzene rings is 2. The fourth-order valence-electron chi connectivity index (χ4n) is 3.78. The van der Waals surface area contributed by atoms with Gasteiger partial charge in [0.15, 0.2) is 0 Å². The van der Waals surface area contributed by atoms with Crippen molar-refractivity contribution in [2.24, 2.45) is 0 Å². The quantitative estimate of drug-likeness (QED) is 0.519. The Balaban J connectivity index is 1.49. The molecule has 3 amide bonds. The van der Waals surface area contributed by atoms with E-state index in [1.807, 2.05) is 18.2 Å². The van der Waals surface area contributed by atoms with Crippen molar-refractivity contribution in [3.8, 4) is 0 Å². The number of nitrogen functional groups attached to an aromatic ring is 1. The normalized spacial score (nSPS) is 16.3. The molecule has 0 saturated carbocycles. The number of carbonyl (C=O) groups is 2. The Labute approximate surface area is 204 Å². The highest BCUT2D eigenvalue weighted by molar-refractivity contribution is 9.10. The van der Waals surface area contributed by atoms with Crippen LogP contribution in [0.2, 0.25) is 5.02 Å². The van der Waals surface area contributed by atoms with Gasteiger partial charge in [0.25, 0.3) is 0 Å². The summed E-state index contributed by atoms with van der Waals surface area (Å²) in [5, 5.41) is 3.95. The van der Waals surface area contributed by atoms with Gasteiger partial charge in [-0.2, -0.15) is 0 Å². The summed E-state index contributed by atoms with van der Waals surface area (Å²) in [7, 11) is 1.50. The second kappa shape index (κ2) is 9.90. The highest BCUT2D eigenvalue weighted by atomic mass is 79.9. The van der Waals surface area contributed by atoms with E-state index in [0.29, 0.717) is 41.7 Å². The number of anilines is 2. The Morgan fingerprint density at radius 2 is 2.09 bits per heavy atom. The van der Waals surface area contributed by atoms with E-state index in [-0.39, 0.29) is 12.5 Å². The van der Waals surface area contributed by atoms with E-state index in [4.69, 9.17) is 22.1 Å². The van der Waals surface area contributed by atoms with Crippen LogP contribution in [0.5, 0.6) is 0 Å². The molecular formula is C22H22BrClN6O3. The maximum Gasteiger partial charge on any atom is 0.322 e. The third kappa shape index (κ3) is 5.02. The van der Waals surface area contributed by atoms with E-state index in [2.05, 4.69) is 31.2 Å². The lowest BCUT2D eigenvalue weighted by Crippen LogP contribution is -2.60. The molecule has 0 aliphatic carbocycles. The molecule has 1 fully saturated rings. The van der Waals surface area contributed by atoms with Gasteiger partial charge >= 0.3 is 6.03 Å². The van der Waals surface area contributed by atoms with Crippen LogP contribution >= 0.6 is 27.5 Å². The first-order chi connectivity index (χ1) is 15.9. The van der Waals surface area contributed by atoms with Gasteiger partial charge in [-0.05, 0) is 35.9 Å². The first-order valence-corrected chi connectivity index (χ1v) is 11.3. The number of methoxy groups -OCH3 is 1. The first-order valence-electron chi connectivity index (χ1n) is 10.2. The molecule has 1 saturated heterocycles. The molecule has 0 spiro atoms. The Bertz CT molecular complexity index is 1210. The molecule has 1 aliphatic rings. The minimum absolute atomic E-state index is 0.0816. The fraction of sp³-hybridized carbons (Fsp3) is 0.273. The number of rotatable bonds is 5. The largest absolute Gasteiger partial charge is 0.383 e. The van der Waals surface area contributed by atoms with Gasteiger partial charge in [0.1, 0.15) is 18.2 Å². The summed E-state index contributed by atoms with van der Waals surface area (Å²) in [6, 6.07) is 9.64. The standard InChI is InChI=1S/C22H22BrClN6O3/c1-33-11-19-21(31)29(10-13-2-4-15-18(8-13)26-12-27-20(15)25)6-7-30(19)22(32)28-17-5-3-14(23)9-16(17)24/h2-5,8-9,12,19H,6-7,10-11H2,1H3,(H,28,32)(H2,25,26,27)/t19-/m0/s1. The van der Waals surface area contributed by atoms with Crippen LogP contribution in [0.1, 0.15) is 5.56 Å². The van der Waals surface area contributed by atoms with Gasteiger partial charge in [0, 0.05) is 36.6 Å². The Hall–Kier alpha value is -2.95. The SMILES string of the molecule is COC[C@H]1C(=O)N(Cc2ccc3c(N)ncnc3c2)CCN1C(=O)Nc1ccc(Br)cc1Cl. The van der Waals surface area contributed by atoms with Gasteiger partial charge in [0.2, 0.25) is 5.91 Å². The van der Waals surface area contributed by atoms with Crippen LogP contribution in [0, 0.1) is 0 Å². The van der Waals surface area contributed by atoms with Gasteiger partial charge in [-0.1, -0.05) is 33.6 Å². The number of nitrogens with two attached hydrogens (primary N) is 1. The van der Waals surface area contributed by atoms with Crippen LogP contribution in [0.3, 0.4) is 0 Å². The molecule has 11 heteroatoms. The summed E-state index contributed by atoms with van der Waals surface area (Å²) < 4.78 is 6.06. The van der Waals surface area contributed by atoms with E-state index in [1.165, 1.54) is 18.3 Å². The predicted octanol–water partition coefficient (Wildman–Crippen LogP) is 3.52. The van der Waals surface area contributed by atoms with Crippen molar-refractivity contribution in [3.63, 3.8) is 0 Å². The van der Waals surface area contributed by atoms with Gasteiger partial charge in [-0.3, -0.25) is 4.79 Å². The summed E-state index contributed by atoms with van der Waals surface area (Å²) in [5.41, 5.74) is 7.98. The zero-order valence-corrected chi connectivity index (χ0v) is 20.1. The van der Waals surface area contributed by atoms with Crippen LogP contribution < -0.4 is 11.1 Å². The smallest absolute Gasteiger partial charge is 0.322 e. The van der Waals surface area contributed by atoms with E-state index in [0.717, 1.165) is 15.4 Å². The number of urea groups is 1. The number of hydrogen-bond acceptors (Lipinski definition) is 6. The van der Waals surface area contributed by atoms with Crippen LogP contribution in [0.4, 0.5) is 16.3 Å². The number of nitrogens with zero attached hydrogens (tertiary/aromatic N) is 4. The average molecular weight is 534 g/mol. The molecular weight excluding hydrogens is 512 g/mol. The number of halogens is 2. The Morgan fingerprint density at radius 1 is 1.27 bits per heavy atom. The van der Waals surface area contributed by atoms with Crippen molar-refractivity contribution in [1.82, 2.24) is 19.8 Å². The van der Waals surface area contributed by atoms with Gasteiger partial charge in [-0.15, -0.1) is 0 Å². The van der Waals surface area contributed by atoms with E-state index < -0.39 is 12.1 Å². The summed E-state index contributed by atoms with van der Waals surface area (Å²) >= 11 is 9.56. The molecule has 3 N–H and O–H groups in total. The molecule has 33 heavy (non-hydrogen) atoms. The minimum atomic E-state index is -0.753. The van der Waals surface area contributed by atoms with Crippen LogP contribution in [0.15, 0.2) is 47.2 Å². The van der Waals surface area contributed by atoms with Crippen molar-refractivity contribution in [3.05, 3.63) is 57.8 Å². The van der Waals surface area contributed by atoms with E-state index >= 15 is 0 Å². The molecule has 0 bridgehead atoms. The number of hydrogen-bond donors (Lipinski definition) is 2. The predicted molar refractivity (Wildman–Crippen MR) is 130 cm³/mol. The first kappa shape index (κ1) is 23.2. The van der Waals surface area contributed by atoms with Crippen LogP contribution in [-0.4, -0.2) is 64.6 Å². The summed E-state index contributed by atoms with van der Waals surface area (Å²) in [5.74, 6) is 0.218. The minimum Gasteiger partial charge on any atom is -0.383 e. The highest BCUT2D eigenvalue weighted by Gasteiger charge is 2.37. The summed E-state index contributed by atoms with van der Waals surface area (Å²) in [6.45, 7) is 1.19. The van der Waals surface area contributed by atoms with Gasteiger partial charge in [0.05, 0.1) is 22.8 Å². The Kier molecular flexibility index (Phi) is 6.96. The maximum absolute atomic E-state index is 13.3. The lowest BCUT2D eigenvalue weighted by molar-refractivity contribution is -0.142. The number of carbonyl (C=O) groups excluding carboxylic acids is 2. The van der Waals surface area contributed by atoms with Crippen molar-refractivity contribution >= 4 is 61.9 Å². The number of fused-ring (bicyclic) bond motifs is 1. The second-order valence-electron chi connectivity index (χ2n) is 7.59. The summed E-state index contributed by atoms with van der Waals surface area (Å²) in [4.78, 5) is 37.7. The lowest BCUT2D eigenvalue weighted by atomic mass is 10.1. The number of nitrogens with one attached hydrogen (secondary N) is 1. The monoisotopic (exact) mass is 532 g/mol. The van der Waals surface area contributed by atoms with Crippen LogP contribution in [0.25, 0.3) is 10.9 Å². The van der Waals surface area contributed by atoms with Gasteiger partial charge < -0.3 is 25.6 Å². The van der Waals surface area contributed by atoms with E-state index in [1.54, 1.807) is 23.1 Å². The summed E-state index contributed by atoms with van der Waals surface area (Å²) in [6.07, 6.45) is 1.41. The number of ether oxygens (including phenoxy) is 1. The van der Waals surface area contributed by atoms with Crippen molar-refractivity contribution in [2.45, 2.75) is 12.6 Å². The Morgan fingerprint density at radius 3 is 2.85 bits per heavy atom. The molecule has 1 aromatic heterocycles. The maximum atomic E-state index is 13.3. The number of piperazine rings is 1. The number of aromatic nitrogens is 2. The zero-order chi connectivity index (χ0) is 23.5. The molecule has 9 nitrogen and oxygen atoms in total. The van der Waals surface area contributed by atoms with Crippen molar-refractivity contribution < 1.29 is 14.3 Å². The molecule has 3 aromatic rings. The fourth-order valence-corrected chi connectivity index (χ4v) is 4.50. The van der Waals surface area contributed by atoms with Crippen molar-refractivity contribution in [1.29, 1.82) is 0 Å². The average Bonchev–Trinajstić information content (AvgIpc) is 2.78. The second-order valence-corrected chi connectivity index (χ2v) is 8.91. The number of amides is 3. The molecule has 0 radical (unpaired) electrons. The molecule has 2 heterocycles. The van der Waals surface area contributed by atoms with E-state index in [9.17, 15) is 9.59 Å². The molecule has 0 unspecified atom stereocenters.